The van der Waals surface area contributed by atoms with Crippen LogP contribution in [0, 0.1) is 0 Å². The summed E-state index contributed by atoms with van der Waals surface area (Å²) in [5.74, 6) is 0.881. The van der Waals surface area contributed by atoms with Crippen LogP contribution in [0.25, 0.3) is 0 Å². The molecular weight excluding hydrogens is 240 g/mol. The van der Waals surface area contributed by atoms with Crippen LogP contribution in [0.4, 0.5) is 0 Å². The predicted molar refractivity (Wildman–Crippen MR) is 76.5 cm³/mol. The van der Waals surface area contributed by atoms with Gasteiger partial charge in [0.1, 0.15) is 5.75 Å². The van der Waals surface area contributed by atoms with Gasteiger partial charge in [0.05, 0.1) is 18.8 Å². The van der Waals surface area contributed by atoms with Gasteiger partial charge in [-0.05, 0) is 31.5 Å². The second-order valence-electron chi connectivity index (χ2n) is 5.13. The number of aliphatic hydroxyl groups excluding tert-OH is 1. The van der Waals surface area contributed by atoms with Gasteiger partial charge in [0.15, 0.2) is 0 Å². The van der Waals surface area contributed by atoms with E-state index in [1.54, 1.807) is 0 Å². The van der Waals surface area contributed by atoms with E-state index < -0.39 is 0 Å². The maximum atomic E-state index is 9.87. The standard InChI is InChI=1S/C15H24N2O2/c1-3-19-14-6-4-13(5-7-14)15(2,12-18)17-10-8-16-9-11-17/h4-7,16,18H,3,8-12H2,1-2H3. The SMILES string of the molecule is CCOc1ccc(C(C)(CO)N2CCNCC2)cc1. The van der Waals surface area contributed by atoms with Crippen molar-refractivity contribution in [3.05, 3.63) is 29.8 Å². The molecule has 0 aromatic heterocycles. The van der Waals surface area contributed by atoms with Crippen LogP contribution in [0.2, 0.25) is 0 Å². The van der Waals surface area contributed by atoms with Gasteiger partial charge in [-0.3, -0.25) is 4.90 Å². The molecule has 1 aromatic rings. The van der Waals surface area contributed by atoms with Gasteiger partial charge in [0.2, 0.25) is 0 Å². The van der Waals surface area contributed by atoms with Crippen molar-refractivity contribution >= 4 is 0 Å². The topological polar surface area (TPSA) is 44.7 Å². The summed E-state index contributed by atoms with van der Waals surface area (Å²) in [6.07, 6.45) is 0. The van der Waals surface area contributed by atoms with Gasteiger partial charge in [0.25, 0.3) is 0 Å². The van der Waals surface area contributed by atoms with E-state index in [2.05, 4.69) is 29.3 Å². The first kappa shape index (κ1) is 14.3. The number of piperazine rings is 1. The van der Waals surface area contributed by atoms with Crippen molar-refractivity contribution < 1.29 is 9.84 Å². The predicted octanol–water partition coefficient (Wildman–Crippen LogP) is 1.20. The van der Waals surface area contributed by atoms with Gasteiger partial charge in [-0.25, -0.2) is 0 Å². The number of hydrogen-bond acceptors (Lipinski definition) is 4. The molecule has 106 valence electrons. The van der Waals surface area contributed by atoms with E-state index in [4.69, 9.17) is 4.74 Å². The zero-order valence-electron chi connectivity index (χ0n) is 11.9. The average Bonchev–Trinajstić information content (AvgIpc) is 2.48. The third kappa shape index (κ3) is 3.08. The molecule has 1 aromatic carbocycles. The molecule has 1 unspecified atom stereocenters. The van der Waals surface area contributed by atoms with Crippen LogP contribution in [-0.4, -0.2) is 49.4 Å². The number of aliphatic hydroxyl groups is 1. The second-order valence-corrected chi connectivity index (χ2v) is 5.13. The maximum Gasteiger partial charge on any atom is 0.119 e. The Labute approximate surface area is 115 Å². The molecule has 4 heteroatoms. The van der Waals surface area contributed by atoms with Gasteiger partial charge in [-0.15, -0.1) is 0 Å². The molecule has 1 atom stereocenters. The summed E-state index contributed by atoms with van der Waals surface area (Å²) in [7, 11) is 0. The summed E-state index contributed by atoms with van der Waals surface area (Å²) in [5, 5.41) is 13.2. The van der Waals surface area contributed by atoms with E-state index >= 15 is 0 Å². The van der Waals surface area contributed by atoms with Crippen molar-refractivity contribution in [2.24, 2.45) is 0 Å². The lowest BCUT2D eigenvalue weighted by molar-refractivity contribution is 0.0311. The van der Waals surface area contributed by atoms with E-state index in [-0.39, 0.29) is 12.1 Å². The Balaban J connectivity index is 2.19. The summed E-state index contributed by atoms with van der Waals surface area (Å²) in [4.78, 5) is 2.35. The molecule has 1 aliphatic rings. The molecule has 0 aliphatic carbocycles. The minimum atomic E-state index is -0.313. The van der Waals surface area contributed by atoms with Crippen molar-refractivity contribution in [3.8, 4) is 5.75 Å². The lowest BCUT2D eigenvalue weighted by Gasteiger charge is -2.43. The molecule has 0 amide bonds. The summed E-state index contributed by atoms with van der Waals surface area (Å²) < 4.78 is 5.47. The monoisotopic (exact) mass is 264 g/mol. The highest BCUT2D eigenvalue weighted by Gasteiger charge is 2.33. The van der Waals surface area contributed by atoms with Crippen LogP contribution < -0.4 is 10.1 Å². The van der Waals surface area contributed by atoms with Gasteiger partial charge in [-0.2, -0.15) is 0 Å². The average molecular weight is 264 g/mol. The lowest BCUT2D eigenvalue weighted by atomic mass is 9.90. The fourth-order valence-corrected chi connectivity index (χ4v) is 2.61. The van der Waals surface area contributed by atoms with E-state index in [1.807, 2.05) is 19.1 Å². The van der Waals surface area contributed by atoms with Crippen molar-refractivity contribution in [2.45, 2.75) is 19.4 Å². The molecule has 2 N–H and O–H groups in total. The molecule has 0 radical (unpaired) electrons. The number of hydrogen-bond donors (Lipinski definition) is 2. The zero-order chi connectivity index (χ0) is 13.7. The van der Waals surface area contributed by atoms with Gasteiger partial charge in [-0.1, -0.05) is 12.1 Å². The second kappa shape index (κ2) is 6.37. The van der Waals surface area contributed by atoms with Gasteiger partial charge < -0.3 is 15.2 Å². The minimum absolute atomic E-state index is 0.126. The van der Waals surface area contributed by atoms with E-state index in [0.717, 1.165) is 37.5 Å². The van der Waals surface area contributed by atoms with Crippen LogP contribution in [0.3, 0.4) is 0 Å². The molecule has 1 aliphatic heterocycles. The van der Waals surface area contributed by atoms with Crippen LogP contribution in [0.5, 0.6) is 5.75 Å². The fraction of sp³-hybridized carbons (Fsp3) is 0.600. The lowest BCUT2D eigenvalue weighted by Crippen LogP contribution is -2.54. The van der Waals surface area contributed by atoms with Crippen LogP contribution in [-0.2, 0) is 5.54 Å². The fourth-order valence-electron chi connectivity index (χ4n) is 2.61. The summed E-state index contributed by atoms with van der Waals surface area (Å²) in [5.41, 5.74) is 0.827. The number of benzene rings is 1. The highest BCUT2D eigenvalue weighted by atomic mass is 16.5. The Morgan fingerprint density at radius 1 is 1.26 bits per heavy atom. The third-order valence-corrected chi connectivity index (χ3v) is 3.91. The Kier molecular flexibility index (Phi) is 4.80. The summed E-state index contributed by atoms with van der Waals surface area (Å²) in [6, 6.07) is 8.08. The van der Waals surface area contributed by atoms with Crippen molar-refractivity contribution in [2.75, 3.05) is 39.4 Å². The third-order valence-electron chi connectivity index (χ3n) is 3.91. The number of nitrogens with zero attached hydrogens (tertiary/aromatic N) is 1. The normalized spacial score (nSPS) is 19.9. The smallest absolute Gasteiger partial charge is 0.119 e. The summed E-state index contributed by atoms with van der Waals surface area (Å²) >= 11 is 0. The van der Waals surface area contributed by atoms with Gasteiger partial charge in [0, 0.05) is 26.2 Å². The molecular formula is C15H24N2O2. The number of nitrogens with one attached hydrogen (secondary N) is 1. The van der Waals surface area contributed by atoms with Crippen molar-refractivity contribution in [1.29, 1.82) is 0 Å². The Hall–Kier alpha value is -1.10. The molecule has 0 saturated carbocycles. The molecule has 1 saturated heterocycles. The highest BCUT2D eigenvalue weighted by molar-refractivity contribution is 5.32. The highest BCUT2D eigenvalue weighted by Crippen LogP contribution is 2.29. The Morgan fingerprint density at radius 2 is 1.89 bits per heavy atom. The van der Waals surface area contributed by atoms with E-state index in [9.17, 15) is 5.11 Å². The number of ether oxygens (including phenoxy) is 1. The zero-order valence-corrected chi connectivity index (χ0v) is 11.9. The maximum absolute atomic E-state index is 9.87. The van der Waals surface area contributed by atoms with E-state index in [0.29, 0.717) is 6.61 Å². The summed E-state index contributed by atoms with van der Waals surface area (Å²) in [6.45, 7) is 8.77. The Morgan fingerprint density at radius 3 is 2.42 bits per heavy atom. The van der Waals surface area contributed by atoms with Crippen LogP contribution in [0.15, 0.2) is 24.3 Å². The molecule has 1 fully saturated rings. The largest absolute Gasteiger partial charge is 0.494 e. The van der Waals surface area contributed by atoms with Crippen LogP contribution >= 0.6 is 0 Å². The molecule has 0 spiro atoms. The first-order valence-electron chi connectivity index (χ1n) is 7.00. The molecule has 1 heterocycles. The van der Waals surface area contributed by atoms with Crippen molar-refractivity contribution in [3.63, 3.8) is 0 Å². The first-order valence-corrected chi connectivity index (χ1v) is 7.00. The van der Waals surface area contributed by atoms with Crippen LogP contribution in [0.1, 0.15) is 19.4 Å². The minimum Gasteiger partial charge on any atom is -0.494 e. The first-order chi connectivity index (χ1) is 9.20. The molecule has 0 bridgehead atoms. The van der Waals surface area contributed by atoms with Crippen molar-refractivity contribution in [1.82, 2.24) is 10.2 Å². The quantitative estimate of drug-likeness (QED) is 0.839. The number of rotatable bonds is 5. The van der Waals surface area contributed by atoms with Gasteiger partial charge >= 0.3 is 0 Å². The Bertz CT molecular complexity index is 388. The molecule has 2 rings (SSSR count). The molecule has 19 heavy (non-hydrogen) atoms. The van der Waals surface area contributed by atoms with E-state index in [1.165, 1.54) is 0 Å². The molecule has 4 nitrogen and oxygen atoms in total.